The first-order valence-corrected chi connectivity index (χ1v) is 8.34. The van der Waals surface area contributed by atoms with Gasteiger partial charge in [-0.25, -0.2) is 17.9 Å². The number of nitrogens with one attached hydrogen (secondary N) is 2. The molecule has 0 aliphatic heterocycles. The van der Waals surface area contributed by atoms with E-state index < -0.39 is 21.9 Å². The number of carboxylic acids is 1. The number of carbonyl (C=O) groups excluding carboxylic acids is 1. The van der Waals surface area contributed by atoms with Crippen LogP contribution in [0.1, 0.15) is 23.7 Å². The highest BCUT2D eigenvalue weighted by Gasteiger charge is 2.19. The summed E-state index contributed by atoms with van der Waals surface area (Å²) >= 11 is 3.02. The van der Waals surface area contributed by atoms with E-state index in [9.17, 15) is 18.0 Å². The lowest BCUT2D eigenvalue weighted by molar-refractivity contribution is -0.119. The van der Waals surface area contributed by atoms with Crippen molar-refractivity contribution in [1.29, 1.82) is 0 Å². The first-order chi connectivity index (χ1) is 9.77. The molecule has 0 atom stereocenters. The van der Waals surface area contributed by atoms with Crippen LogP contribution in [0.5, 0.6) is 0 Å². The molecular weight excluding hydrogens is 364 g/mol. The molecule has 0 fully saturated rings. The van der Waals surface area contributed by atoms with Gasteiger partial charge in [-0.2, -0.15) is 0 Å². The van der Waals surface area contributed by atoms with Gasteiger partial charge in [0.1, 0.15) is 0 Å². The molecule has 0 bridgehead atoms. The normalized spacial score (nSPS) is 11.1. The van der Waals surface area contributed by atoms with Crippen molar-refractivity contribution >= 4 is 37.8 Å². The largest absolute Gasteiger partial charge is 0.478 e. The van der Waals surface area contributed by atoms with Gasteiger partial charge in [0, 0.05) is 11.0 Å². The van der Waals surface area contributed by atoms with Gasteiger partial charge in [-0.1, -0.05) is 6.92 Å². The van der Waals surface area contributed by atoms with E-state index in [0.717, 1.165) is 6.42 Å². The molecule has 0 saturated carbocycles. The van der Waals surface area contributed by atoms with Crippen molar-refractivity contribution < 1.29 is 23.1 Å². The molecule has 21 heavy (non-hydrogen) atoms. The van der Waals surface area contributed by atoms with E-state index in [1.807, 2.05) is 6.92 Å². The molecule has 1 rings (SSSR count). The number of halogens is 1. The van der Waals surface area contributed by atoms with Gasteiger partial charge >= 0.3 is 5.97 Å². The summed E-state index contributed by atoms with van der Waals surface area (Å²) in [6.45, 7) is 1.97. The molecule has 0 aliphatic carbocycles. The molecule has 7 nitrogen and oxygen atoms in total. The predicted molar refractivity (Wildman–Crippen MR) is 79.6 cm³/mol. The lowest BCUT2D eigenvalue weighted by Gasteiger charge is -2.09. The van der Waals surface area contributed by atoms with Gasteiger partial charge in [0.25, 0.3) is 0 Å². The van der Waals surface area contributed by atoms with Gasteiger partial charge in [0.2, 0.25) is 15.9 Å². The lowest BCUT2D eigenvalue weighted by atomic mass is 10.2. The second-order valence-corrected chi connectivity index (χ2v) is 6.71. The van der Waals surface area contributed by atoms with E-state index in [4.69, 9.17) is 5.11 Å². The Morgan fingerprint density at radius 3 is 2.52 bits per heavy atom. The number of carboxylic acid groups (broad SMARTS) is 1. The second-order valence-electron chi connectivity index (χ2n) is 4.12. The zero-order valence-corrected chi connectivity index (χ0v) is 13.6. The summed E-state index contributed by atoms with van der Waals surface area (Å²) < 4.78 is 26.4. The van der Waals surface area contributed by atoms with E-state index in [2.05, 4.69) is 26.0 Å². The molecule has 0 saturated heterocycles. The molecule has 0 aliphatic rings. The summed E-state index contributed by atoms with van der Waals surface area (Å²) in [6, 6.07) is 3.53. The number of aromatic carboxylic acids is 1. The van der Waals surface area contributed by atoms with Crippen LogP contribution in [0.4, 0.5) is 0 Å². The number of carbonyl (C=O) groups is 2. The van der Waals surface area contributed by atoms with Gasteiger partial charge in [-0.3, -0.25) is 4.79 Å². The standard InChI is InChI=1S/C12H15BrN2O5S/c1-2-5-14-11(16)7-15-21(19,20)10-4-3-8(12(17)18)6-9(10)13/h3-4,6,15H,2,5,7H2,1H3,(H,14,16)(H,17,18). The Hall–Kier alpha value is -1.45. The Kier molecular flexibility index (Phi) is 6.31. The van der Waals surface area contributed by atoms with Crippen LogP contribution in [0, 0.1) is 0 Å². The molecule has 3 N–H and O–H groups in total. The van der Waals surface area contributed by atoms with Gasteiger partial charge < -0.3 is 10.4 Å². The summed E-state index contributed by atoms with van der Waals surface area (Å²) in [5.74, 6) is -1.59. The molecule has 1 aromatic rings. The lowest BCUT2D eigenvalue weighted by Crippen LogP contribution is -2.37. The predicted octanol–water partition coefficient (Wildman–Crippen LogP) is 0.952. The molecule has 1 amide bonds. The maximum atomic E-state index is 12.0. The number of hydrogen-bond acceptors (Lipinski definition) is 4. The highest BCUT2D eigenvalue weighted by molar-refractivity contribution is 9.10. The van der Waals surface area contributed by atoms with Gasteiger partial charge in [-0.05, 0) is 40.5 Å². The third kappa shape index (κ3) is 5.10. The Morgan fingerprint density at radius 2 is 2.00 bits per heavy atom. The summed E-state index contributed by atoms with van der Waals surface area (Å²) in [6.07, 6.45) is 0.751. The number of hydrogen-bond donors (Lipinski definition) is 3. The number of sulfonamides is 1. The van der Waals surface area contributed by atoms with Crippen LogP contribution < -0.4 is 10.0 Å². The van der Waals surface area contributed by atoms with Crippen LogP contribution >= 0.6 is 15.9 Å². The molecule has 116 valence electrons. The molecule has 0 spiro atoms. The van der Waals surface area contributed by atoms with Crippen LogP contribution in [0.25, 0.3) is 0 Å². The highest BCUT2D eigenvalue weighted by atomic mass is 79.9. The third-order valence-electron chi connectivity index (χ3n) is 2.46. The Bertz CT molecular complexity index is 645. The molecule has 9 heteroatoms. The molecular formula is C12H15BrN2O5S. The zero-order chi connectivity index (χ0) is 16.0. The molecule has 0 heterocycles. The van der Waals surface area contributed by atoms with Crippen LogP contribution in [-0.2, 0) is 14.8 Å². The van der Waals surface area contributed by atoms with Gasteiger partial charge in [0.05, 0.1) is 17.0 Å². The van der Waals surface area contributed by atoms with Crippen LogP contribution in [-0.4, -0.2) is 38.5 Å². The highest BCUT2D eigenvalue weighted by Crippen LogP contribution is 2.23. The average molecular weight is 379 g/mol. The molecule has 0 radical (unpaired) electrons. The number of rotatable bonds is 7. The first-order valence-electron chi connectivity index (χ1n) is 6.07. The van der Waals surface area contributed by atoms with Crippen molar-refractivity contribution in [3.05, 3.63) is 28.2 Å². The maximum Gasteiger partial charge on any atom is 0.335 e. The van der Waals surface area contributed by atoms with Crippen molar-refractivity contribution in [2.75, 3.05) is 13.1 Å². The van der Waals surface area contributed by atoms with E-state index in [1.165, 1.54) is 18.2 Å². The SMILES string of the molecule is CCCNC(=O)CNS(=O)(=O)c1ccc(C(=O)O)cc1Br. The molecule has 1 aromatic carbocycles. The zero-order valence-electron chi connectivity index (χ0n) is 11.2. The van der Waals surface area contributed by atoms with Crippen molar-refractivity contribution in [3.8, 4) is 0 Å². The van der Waals surface area contributed by atoms with Crippen molar-refractivity contribution in [2.24, 2.45) is 0 Å². The summed E-state index contributed by atoms with van der Waals surface area (Å²) in [7, 11) is -3.90. The Labute approximate surface area is 130 Å². The van der Waals surface area contributed by atoms with Crippen LogP contribution in [0.15, 0.2) is 27.6 Å². The number of amides is 1. The first kappa shape index (κ1) is 17.6. The van der Waals surface area contributed by atoms with Gasteiger partial charge in [-0.15, -0.1) is 0 Å². The monoisotopic (exact) mass is 378 g/mol. The van der Waals surface area contributed by atoms with Crippen LogP contribution in [0.3, 0.4) is 0 Å². The van der Waals surface area contributed by atoms with E-state index in [-0.39, 0.29) is 21.5 Å². The fourth-order valence-electron chi connectivity index (χ4n) is 1.42. The molecule has 0 aromatic heterocycles. The maximum absolute atomic E-state index is 12.0. The average Bonchev–Trinajstić information content (AvgIpc) is 2.42. The fraction of sp³-hybridized carbons (Fsp3) is 0.333. The third-order valence-corrected chi connectivity index (χ3v) is 4.84. The van der Waals surface area contributed by atoms with Crippen molar-refractivity contribution in [1.82, 2.24) is 10.0 Å². The summed E-state index contributed by atoms with van der Waals surface area (Å²) in [5.41, 5.74) is -0.0403. The Balaban J connectivity index is 2.84. The van der Waals surface area contributed by atoms with E-state index >= 15 is 0 Å². The van der Waals surface area contributed by atoms with Crippen molar-refractivity contribution in [3.63, 3.8) is 0 Å². The summed E-state index contributed by atoms with van der Waals surface area (Å²) in [5, 5.41) is 11.4. The topological polar surface area (TPSA) is 113 Å². The minimum atomic E-state index is -3.90. The van der Waals surface area contributed by atoms with E-state index in [1.54, 1.807) is 0 Å². The van der Waals surface area contributed by atoms with Gasteiger partial charge in [0.15, 0.2) is 0 Å². The quantitative estimate of drug-likeness (QED) is 0.653. The van der Waals surface area contributed by atoms with E-state index in [0.29, 0.717) is 6.54 Å². The summed E-state index contributed by atoms with van der Waals surface area (Å²) in [4.78, 5) is 22.0. The van der Waals surface area contributed by atoms with Crippen molar-refractivity contribution in [2.45, 2.75) is 18.2 Å². The smallest absolute Gasteiger partial charge is 0.335 e. The number of benzene rings is 1. The second kappa shape index (κ2) is 7.53. The molecule has 0 unspecified atom stereocenters. The minimum absolute atomic E-state index is 0.0403. The fourth-order valence-corrected chi connectivity index (χ4v) is 3.47. The Morgan fingerprint density at radius 1 is 1.33 bits per heavy atom. The minimum Gasteiger partial charge on any atom is -0.478 e. The van der Waals surface area contributed by atoms with Crippen LogP contribution in [0.2, 0.25) is 0 Å².